The van der Waals surface area contributed by atoms with E-state index >= 15 is 0 Å². The van der Waals surface area contributed by atoms with Crippen molar-refractivity contribution in [2.45, 2.75) is 26.7 Å². The first kappa shape index (κ1) is 14.8. The maximum Gasteiger partial charge on any atom is 0.225 e. The van der Waals surface area contributed by atoms with E-state index in [-0.39, 0.29) is 17.6 Å². The number of hydrogen-bond acceptors (Lipinski definition) is 2. The van der Waals surface area contributed by atoms with Gasteiger partial charge in [0.1, 0.15) is 5.82 Å². The summed E-state index contributed by atoms with van der Waals surface area (Å²) in [5, 5.41) is 0. The van der Waals surface area contributed by atoms with Gasteiger partial charge in [-0.25, -0.2) is 4.39 Å². The van der Waals surface area contributed by atoms with Gasteiger partial charge in [0.05, 0.1) is 0 Å². The van der Waals surface area contributed by atoms with E-state index in [1.807, 2.05) is 11.8 Å². The van der Waals surface area contributed by atoms with E-state index in [0.717, 1.165) is 44.7 Å². The molecule has 4 heteroatoms. The number of piperazine rings is 1. The summed E-state index contributed by atoms with van der Waals surface area (Å²) in [6.07, 6.45) is 2.00. The molecule has 1 aliphatic rings. The smallest absolute Gasteiger partial charge is 0.225 e. The van der Waals surface area contributed by atoms with E-state index in [1.165, 1.54) is 12.1 Å². The molecule has 0 saturated carbocycles. The summed E-state index contributed by atoms with van der Waals surface area (Å²) in [7, 11) is 0. The van der Waals surface area contributed by atoms with Crippen molar-refractivity contribution in [2.75, 3.05) is 31.1 Å². The summed E-state index contributed by atoms with van der Waals surface area (Å²) in [6.45, 7) is 7.26. The van der Waals surface area contributed by atoms with Gasteiger partial charge in [0.25, 0.3) is 0 Å². The number of amides is 1. The van der Waals surface area contributed by atoms with Crippen LogP contribution < -0.4 is 4.90 Å². The average molecular weight is 278 g/mol. The van der Waals surface area contributed by atoms with Crippen molar-refractivity contribution in [2.24, 2.45) is 5.92 Å². The SMILES string of the molecule is CCC[C@@H](C)C(=O)N1CCN(c2ccc(F)cc2)CC1. The summed E-state index contributed by atoms with van der Waals surface area (Å²) in [5.41, 5.74) is 1.03. The minimum Gasteiger partial charge on any atom is -0.368 e. The Morgan fingerprint density at radius 1 is 1.20 bits per heavy atom. The lowest BCUT2D eigenvalue weighted by molar-refractivity contribution is -0.135. The second-order valence-electron chi connectivity index (χ2n) is 5.48. The molecule has 1 fully saturated rings. The second-order valence-corrected chi connectivity index (χ2v) is 5.48. The van der Waals surface area contributed by atoms with Crippen molar-refractivity contribution < 1.29 is 9.18 Å². The zero-order valence-corrected chi connectivity index (χ0v) is 12.3. The zero-order valence-electron chi connectivity index (χ0n) is 12.3. The molecule has 110 valence electrons. The third-order valence-electron chi connectivity index (χ3n) is 3.93. The van der Waals surface area contributed by atoms with Crippen LogP contribution in [0, 0.1) is 11.7 Å². The van der Waals surface area contributed by atoms with E-state index < -0.39 is 0 Å². The molecule has 2 rings (SSSR count). The van der Waals surface area contributed by atoms with Crippen molar-refractivity contribution in [3.05, 3.63) is 30.1 Å². The number of carbonyl (C=O) groups is 1. The lowest BCUT2D eigenvalue weighted by Gasteiger charge is -2.37. The molecule has 1 saturated heterocycles. The van der Waals surface area contributed by atoms with E-state index in [0.29, 0.717) is 0 Å². The van der Waals surface area contributed by atoms with E-state index in [4.69, 9.17) is 0 Å². The summed E-state index contributed by atoms with van der Waals surface area (Å²) in [4.78, 5) is 16.4. The monoisotopic (exact) mass is 278 g/mol. The third kappa shape index (κ3) is 3.50. The molecular weight excluding hydrogens is 255 g/mol. The Morgan fingerprint density at radius 2 is 1.80 bits per heavy atom. The highest BCUT2D eigenvalue weighted by atomic mass is 19.1. The standard InChI is InChI=1S/C16H23FN2O/c1-3-4-13(2)16(20)19-11-9-18(10-12-19)15-7-5-14(17)6-8-15/h5-8,13H,3-4,9-12H2,1-2H3/t13-/m1/s1. The lowest BCUT2D eigenvalue weighted by atomic mass is 10.0. The summed E-state index contributed by atoms with van der Waals surface area (Å²) in [6, 6.07) is 6.56. The fourth-order valence-corrected chi connectivity index (χ4v) is 2.71. The Morgan fingerprint density at radius 3 is 2.35 bits per heavy atom. The van der Waals surface area contributed by atoms with Gasteiger partial charge in [0, 0.05) is 37.8 Å². The van der Waals surface area contributed by atoms with Crippen LogP contribution >= 0.6 is 0 Å². The highest BCUT2D eigenvalue weighted by Gasteiger charge is 2.24. The molecule has 0 aliphatic carbocycles. The van der Waals surface area contributed by atoms with E-state index in [2.05, 4.69) is 11.8 Å². The Bertz CT molecular complexity index is 438. The highest BCUT2D eigenvalue weighted by molar-refractivity contribution is 5.78. The first-order valence-corrected chi connectivity index (χ1v) is 7.41. The number of carbonyl (C=O) groups excluding carboxylic acids is 1. The van der Waals surface area contributed by atoms with Crippen molar-refractivity contribution in [1.82, 2.24) is 4.90 Å². The van der Waals surface area contributed by atoms with Gasteiger partial charge in [-0.2, -0.15) is 0 Å². The van der Waals surface area contributed by atoms with Gasteiger partial charge in [-0.3, -0.25) is 4.79 Å². The van der Waals surface area contributed by atoms with Crippen LogP contribution in [-0.4, -0.2) is 37.0 Å². The molecule has 1 aliphatic heterocycles. The minimum absolute atomic E-state index is 0.123. The fraction of sp³-hybridized carbons (Fsp3) is 0.562. The number of halogens is 1. The number of rotatable bonds is 4. The molecule has 0 spiro atoms. The molecule has 1 atom stereocenters. The zero-order chi connectivity index (χ0) is 14.5. The van der Waals surface area contributed by atoms with Crippen LogP contribution in [-0.2, 0) is 4.79 Å². The maximum atomic E-state index is 12.9. The quantitative estimate of drug-likeness (QED) is 0.845. The number of hydrogen-bond donors (Lipinski definition) is 0. The molecule has 1 amide bonds. The molecular formula is C16H23FN2O. The third-order valence-corrected chi connectivity index (χ3v) is 3.93. The summed E-state index contributed by atoms with van der Waals surface area (Å²) in [5.74, 6) is 0.180. The van der Waals surface area contributed by atoms with E-state index in [1.54, 1.807) is 12.1 Å². The molecule has 0 bridgehead atoms. The largest absolute Gasteiger partial charge is 0.368 e. The normalized spacial score (nSPS) is 17.1. The van der Waals surface area contributed by atoms with E-state index in [9.17, 15) is 9.18 Å². The molecule has 0 N–H and O–H groups in total. The number of benzene rings is 1. The first-order chi connectivity index (χ1) is 9.61. The van der Waals surface area contributed by atoms with Gasteiger partial charge >= 0.3 is 0 Å². The highest BCUT2D eigenvalue weighted by Crippen LogP contribution is 2.18. The van der Waals surface area contributed by atoms with Crippen LogP contribution in [0.15, 0.2) is 24.3 Å². The Kier molecular flexibility index (Phi) is 4.99. The molecule has 1 heterocycles. The van der Waals surface area contributed by atoms with Crippen LogP contribution in [0.25, 0.3) is 0 Å². The fourth-order valence-electron chi connectivity index (χ4n) is 2.71. The minimum atomic E-state index is -0.212. The summed E-state index contributed by atoms with van der Waals surface area (Å²) < 4.78 is 12.9. The Hall–Kier alpha value is -1.58. The lowest BCUT2D eigenvalue weighted by Crippen LogP contribution is -2.50. The molecule has 20 heavy (non-hydrogen) atoms. The van der Waals surface area contributed by atoms with Crippen LogP contribution in [0.1, 0.15) is 26.7 Å². The van der Waals surface area contributed by atoms with Crippen LogP contribution in [0.2, 0.25) is 0 Å². The molecule has 0 aromatic heterocycles. The van der Waals surface area contributed by atoms with Gasteiger partial charge in [-0.15, -0.1) is 0 Å². The van der Waals surface area contributed by atoms with Gasteiger partial charge in [-0.05, 0) is 30.7 Å². The second kappa shape index (κ2) is 6.73. The first-order valence-electron chi connectivity index (χ1n) is 7.41. The maximum absolute atomic E-state index is 12.9. The Balaban J connectivity index is 1.89. The van der Waals surface area contributed by atoms with Crippen molar-refractivity contribution in [3.63, 3.8) is 0 Å². The summed E-state index contributed by atoms with van der Waals surface area (Å²) >= 11 is 0. The topological polar surface area (TPSA) is 23.6 Å². The molecule has 0 radical (unpaired) electrons. The Labute approximate surface area is 120 Å². The average Bonchev–Trinajstić information content (AvgIpc) is 2.48. The molecule has 3 nitrogen and oxygen atoms in total. The predicted octanol–water partition coefficient (Wildman–Crippen LogP) is 2.91. The molecule has 1 aromatic carbocycles. The van der Waals surface area contributed by atoms with Gasteiger partial charge < -0.3 is 9.80 Å². The predicted molar refractivity (Wildman–Crippen MR) is 79.3 cm³/mol. The number of nitrogens with zero attached hydrogens (tertiary/aromatic N) is 2. The van der Waals surface area contributed by atoms with Gasteiger partial charge in [-0.1, -0.05) is 20.3 Å². The van der Waals surface area contributed by atoms with Crippen molar-refractivity contribution in [3.8, 4) is 0 Å². The van der Waals surface area contributed by atoms with Crippen LogP contribution in [0.5, 0.6) is 0 Å². The molecule has 1 aromatic rings. The van der Waals surface area contributed by atoms with Gasteiger partial charge in [0.15, 0.2) is 0 Å². The molecule has 0 unspecified atom stereocenters. The van der Waals surface area contributed by atoms with Gasteiger partial charge in [0.2, 0.25) is 5.91 Å². The van der Waals surface area contributed by atoms with Crippen LogP contribution in [0.3, 0.4) is 0 Å². The van der Waals surface area contributed by atoms with Crippen LogP contribution in [0.4, 0.5) is 10.1 Å². The van der Waals surface area contributed by atoms with Crippen molar-refractivity contribution >= 4 is 11.6 Å². The number of anilines is 1. The van der Waals surface area contributed by atoms with Crippen molar-refractivity contribution in [1.29, 1.82) is 0 Å².